The standard InChI is InChI=1S/C17H18N2O3/c1-3-16(12-4-8-14(20)9-5-12)18-19-17(21)13-6-10-15(22-2)11-7-13/h4-11,20H,3H2,1-2H3,(H,19,21). The molecule has 0 saturated heterocycles. The van der Waals surface area contributed by atoms with E-state index in [9.17, 15) is 9.90 Å². The minimum Gasteiger partial charge on any atom is -0.508 e. The van der Waals surface area contributed by atoms with Crippen molar-refractivity contribution < 1.29 is 14.6 Å². The van der Waals surface area contributed by atoms with Crippen LogP contribution in [0.15, 0.2) is 53.6 Å². The number of hydrogen-bond acceptors (Lipinski definition) is 4. The molecule has 0 heterocycles. The Balaban J connectivity index is 2.10. The number of aromatic hydroxyl groups is 1. The van der Waals surface area contributed by atoms with Crippen LogP contribution in [-0.2, 0) is 0 Å². The quantitative estimate of drug-likeness (QED) is 0.658. The van der Waals surface area contributed by atoms with Crippen molar-refractivity contribution in [2.75, 3.05) is 7.11 Å². The molecule has 2 aromatic rings. The van der Waals surface area contributed by atoms with Crippen LogP contribution in [-0.4, -0.2) is 23.8 Å². The Morgan fingerprint density at radius 2 is 1.68 bits per heavy atom. The molecule has 0 aromatic heterocycles. The molecule has 0 spiro atoms. The maximum absolute atomic E-state index is 12.1. The van der Waals surface area contributed by atoms with Crippen LogP contribution in [0.1, 0.15) is 29.3 Å². The highest BCUT2D eigenvalue weighted by Gasteiger charge is 2.06. The van der Waals surface area contributed by atoms with Crippen molar-refractivity contribution in [1.29, 1.82) is 0 Å². The molecule has 0 atom stereocenters. The van der Waals surface area contributed by atoms with E-state index in [1.807, 2.05) is 6.92 Å². The first-order chi connectivity index (χ1) is 10.6. The van der Waals surface area contributed by atoms with Gasteiger partial charge in [0, 0.05) is 5.56 Å². The van der Waals surface area contributed by atoms with Crippen LogP contribution in [0.2, 0.25) is 0 Å². The maximum atomic E-state index is 12.1. The summed E-state index contributed by atoms with van der Waals surface area (Å²) in [5, 5.41) is 13.5. The average molecular weight is 298 g/mol. The Hall–Kier alpha value is -2.82. The Labute approximate surface area is 129 Å². The van der Waals surface area contributed by atoms with Gasteiger partial charge in [0.05, 0.1) is 12.8 Å². The molecule has 0 aliphatic heterocycles. The van der Waals surface area contributed by atoms with Crippen LogP contribution >= 0.6 is 0 Å². The lowest BCUT2D eigenvalue weighted by Crippen LogP contribution is -2.19. The zero-order valence-corrected chi connectivity index (χ0v) is 12.5. The van der Waals surface area contributed by atoms with Crippen molar-refractivity contribution in [3.8, 4) is 11.5 Å². The van der Waals surface area contributed by atoms with Crippen molar-refractivity contribution in [2.24, 2.45) is 5.10 Å². The maximum Gasteiger partial charge on any atom is 0.271 e. The number of hydrogen-bond donors (Lipinski definition) is 2. The summed E-state index contributed by atoms with van der Waals surface area (Å²) in [4.78, 5) is 12.1. The van der Waals surface area contributed by atoms with E-state index < -0.39 is 0 Å². The lowest BCUT2D eigenvalue weighted by atomic mass is 10.1. The Kier molecular flexibility index (Phi) is 5.14. The molecule has 0 fully saturated rings. The summed E-state index contributed by atoms with van der Waals surface area (Å²) in [5.41, 5.74) is 4.65. The topological polar surface area (TPSA) is 70.9 Å². The van der Waals surface area contributed by atoms with Gasteiger partial charge in [-0.3, -0.25) is 4.79 Å². The third-order valence-electron chi connectivity index (χ3n) is 3.18. The molecule has 2 N–H and O–H groups in total. The van der Waals surface area contributed by atoms with Crippen LogP contribution < -0.4 is 10.2 Å². The van der Waals surface area contributed by atoms with Gasteiger partial charge in [-0.05, 0) is 60.5 Å². The number of rotatable bonds is 5. The molecule has 0 aliphatic rings. The highest BCUT2D eigenvalue weighted by molar-refractivity contribution is 6.02. The zero-order valence-electron chi connectivity index (χ0n) is 12.5. The normalized spacial score (nSPS) is 11.1. The first kappa shape index (κ1) is 15.6. The molecule has 0 unspecified atom stereocenters. The molecule has 22 heavy (non-hydrogen) atoms. The molecule has 0 radical (unpaired) electrons. The minimum atomic E-state index is -0.285. The number of phenols is 1. The largest absolute Gasteiger partial charge is 0.508 e. The molecular formula is C17H18N2O3. The number of carbonyl (C=O) groups excluding carboxylic acids is 1. The monoisotopic (exact) mass is 298 g/mol. The number of benzene rings is 2. The SMILES string of the molecule is CCC(=NNC(=O)c1ccc(OC)cc1)c1ccc(O)cc1. The van der Waals surface area contributed by atoms with Gasteiger partial charge in [-0.1, -0.05) is 6.92 Å². The van der Waals surface area contributed by atoms with Gasteiger partial charge in [-0.25, -0.2) is 5.43 Å². The summed E-state index contributed by atoms with van der Waals surface area (Å²) in [7, 11) is 1.57. The molecular weight excluding hydrogens is 280 g/mol. The number of hydrazone groups is 1. The number of nitrogens with zero attached hydrogens (tertiary/aromatic N) is 1. The molecule has 0 bridgehead atoms. The average Bonchev–Trinajstić information content (AvgIpc) is 2.56. The van der Waals surface area contributed by atoms with E-state index >= 15 is 0 Å². The van der Waals surface area contributed by atoms with Crippen molar-refractivity contribution in [1.82, 2.24) is 5.43 Å². The van der Waals surface area contributed by atoms with Crippen LogP contribution in [0.25, 0.3) is 0 Å². The molecule has 0 saturated carbocycles. The molecule has 5 heteroatoms. The highest BCUT2D eigenvalue weighted by Crippen LogP contribution is 2.13. The summed E-state index contributed by atoms with van der Waals surface area (Å²) in [6, 6.07) is 13.5. The van der Waals surface area contributed by atoms with Gasteiger partial charge in [0.2, 0.25) is 0 Å². The van der Waals surface area contributed by atoms with Crippen LogP contribution in [0, 0.1) is 0 Å². The van der Waals surface area contributed by atoms with Gasteiger partial charge in [0.1, 0.15) is 11.5 Å². The Morgan fingerprint density at radius 1 is 1.09 bits per heavy atom. The van der Waals surface area contributed by atoms with Gasteiger partial charge in [0.15, 0.2) is 0 Å². The molecule has 114 valence electrons. The first-order valence-electron chi connectivity index (χ1n) is 6.94. The molecule has 5 nitrogen and oxygen atoms in total. The molecule has 1 amide bonds. The van der Waals surface area contributed by atoms with Gasteiger partial charge < -0.3 is 9.84 Å². The second-order valence-corrected chi connectivity index (χ2v) is 4.63. The van der Waals surface area contributed by atoms with E-state index in [0.29, 0.717) is 17.7 Å². The first-order valence-corrected chi connectivity index (χ1v) is 6.94. The molecule has 2 aromatic carbocycles. The van der Waals surface area contributed by atoms with E-state index in [1.54, 1.807) is 55.6 Å². The second kappa shape index (κ2) is 7.26. The highest BCUT2D eigenvalue weighted by atomic mass is 16.5. The molecule has 0 aliphatic carbocycles. The van der Waals surface area contributed by atoms with Crippen molar-refractivity contribution in [3.63, 3.8) is 0 Å². The van der Waals surface area contributed by atoms with E-state index in [2.05, 4.69) is 10.5 Å². The fourth-order valence-corrected chi connectivity index (χ4v) is 1.93. The summed E-state index contributed by atoms with van der Waals surface area (Å²) in [5.74, 6) is 0.604. The summed E-state index contributed by atoms with van der Waals surface area (Å²) >= 11 is 0. The number of carbonyl (C=O) groups is 1. The van der Waals surface area contributed by atoms with Gasteiger partial charge >= 0.3 is 0 Å². The third kappa shape index (κ3) is 3.85. The predicted octanol–water partition coefficient (Wildman–Crippen LogP) is 2.94. The lowest BCUT2D eigenvalue weighted by Gasteiger charge is -2.06. The van der Waals surface area contributed by atoms with E-state index in [-0.39, 0.29) is 11.7 Å². The number of phenolic OH excluding ortho intramolecular Hbond substituents is 1. The van der Waals surface area contributed by atoms with Crippen LogP contribution in [0.3, 0.4) is 0 Å². The van der Waals surface area contributed by atoms with E-state index in [0.717, 1.165) is 11.3 Å². The van der Waals surface area contributed by atoms with Crippen molar-refractivity contribution >= 4 is 11.6 Å². The molecule has 2 rings (SSSR count). The number of nitrogens with one attached hydrogen (secondary N) is 1. The van der Waals surface area contributed by atoms with E-state index in [1.165, 1.54) is 0 Å². The zero-order chi connectivity index (χ0) is 15.9. The number of ether oxygens (including phenoxy) is 1. The van der Waals surface area contributed by atoms with Crippen molar-refractivity contribution in [3.05, 3.63) is 59.7 Å². The Morgan fingerprint density at radius 3 is 2.23 bits per heavy atom. The number of methoxy groups -OCH3 is 1. The number of amides is 1. The summed E-state index contributed by atoms with van der Waals surface area (Å²) in [6.45, 7) is 1.95. The van der Waals surface area contributed by atoms with Crippen LogP contribution in [0.4, 0.5) is 0 Å². The Bertz CT molecular complexity index is 661. The van der Waals surface area contributed by atoms with Gasteiger partial charge in [0.25, 0.3) is 5.91 Å². The third-order valence-corrected chi connectivity index (χ3v) is 3.18. The van der Waals surface area contributed by atoms with Crippen LogP contribution in [0.5, 0.6) is 11.5 Å². The van der Waals surface area contributed by atoms with Crippen molar-refractivity contribution in [2.45, 2.75) is 13.3 Å². The predicted molar refractivity (Wildman–Crippen MR) is 85.4 cm³/mol. The van der Waals surface area contributed by atoms with E-state index in [4.69, 9.17) is 4.74 Å². The van der Waals surface area contributed by atoms with Gasteiger partial charge in [-0.15, -0.1) is 0 Å². The second-order valence-electron chi connectivity index (χ2n) is 4.63. The minimum absolute atomic E-state index is 0.196. The summed E-state index contributed by atoms with van der Waals surface area (Å²) in [6.07, 6.45) is 0.660. The summed E-state index contributed by atoms with van der Waals surface area (Å²) < 4.78 is 5.05. The fourth-order valence-electron chi connectivity index (χ4n) is 1.93. The lowest BCUT2D eigenvalue weighted by molar-refractivity contribution is 0.0955. The smallest absolute Gasteiger partial charge is 0.271 e. The van der Waals surface area contributed by atoms with Gasteiger partial charge in [-0.2, -0.15) is 5.10 Å². The fraction of sp³-hybridized carbons (Fsp3) is 0.176.